The van der Waals surface area contributed by atoms with Crippen LogP contribution in [0.3, 0.4) is 0 Å². The van der Waals surface area contributed by atoms with E-state index in [1.807, 2.05) is 13.8 Å². The van der Waals surface area contributed by atoms with Gasteiger partial charge in [-0.1, -0.05) is 6.07 Å². The molecule has 2 aromatic rings. The van der Waals surface area contributed by atoms with E-state index in [0.29, 0.717) is 16.7 Å². The molecule has 1 aromatic carbocycles. The van der Waals surface area contributed by atoms with Crippen LogP contribution in [0.2, 0.25) is 0 Å². The highest BCUT2D eigenvalue weighted by Crippen LogP contribution is 2.29. The lowest BCUT2D eigenvalue weighted by atomic mass is 10.2. The Morgan fingerprint density at radius 2 is 1.94 bits per heavy atom. The van der Waals surface area contributed by atoms with Crippen LogP contribution in [-0.2, 0) is 6.54 Å². The van der Waals surface area contributed by atoms with E-state index in [-0.39, 0.29) is 5.82 Å². The summed E-state index contributed by atoms with van der Waals surface area (Å²) in [6.07, 6.45) is 0. The van der Waals surface area contributed by atoms with Crippen LogP contribution in [-0.4, -0.2) is 9.78 Å². The van der Waals surface area contributed by atoms with Gasteiger partial charge in [0, 0.05) is 6.54 Å². The van der Waals surface area contributed by atoms with E-state index >= 15 is 0 Å². The number of hydrogen-bond donors (Lipinski definition) is 1. The fourth-order valence-corrected chi connectivity index (χ4v) is 2.50. The van der Waals surface area contributed by atoms with Crippen molar-refractivity contribution in [1.82, 2.24) is 9.78 Å². The van der Waals surface area contributed by atoms with Crippen molar-refractivity contribution in [2.75, 3.05) is 0 Å². The van der Waals surface area contributed by atoms with Crippen molar-refractivity contribution >= 4 is 31.9 Å². The van der Waals surface area contributed by atoms with Gasteiger partial charge in [0.25, 0.3) is 0 Å². The van der Waals surface area contributed by atoms with Gasteiger partial charge >= 0.3 is 0 Å². The second kappa shape index (κ2) is 5.11. The Labute approximate surface area is 121 Å². The Hall–Kier alpha value is -0.720. The summed E-state index contributed by atoms with van der Waals surface area (Å²) < 4.78 is 17.1. The van der Waals surface area contributed by atoms with Gasteiger partial charge in [-0.15, -0.1) is 0 Å². The van der Waals surface area contributed by atoms with Gasteiger partial charge in [0.1, 0.15) is 5.69 Å². The van der Waals surface area contributed by atoms with E-state index in [9.17, 15) is 4.39 Å². The van der Waals surface area contributed by atoms with E-state index in [1.165, 1.54) is 0 Å². The SMILES string of the molecule is Cc1nn(-c2ccc(CN)c(Br)c2F)c(C)c1Br. The van der Waals surface area contributed by atoms with Crippen molar-refractivity contribution in [3.63, 3.8) is 0 Å². The maximum Gasteiger partial charge on any atom is 0.163 e. The number of aromatic nitrogens is 2. The summed E-state index contributed by atoms with van der Waals surface area (Å²) in [6, 6.07) is 3.49. The topological polar surface area (TPSA) is 43.8 Å². The molecule has 0 amide bonds. The fraction of sp³-hybridized carbons (Fsp3) is 0.250. The zero-order valence-corrected chi connectivity index (χ0v) is 13.1. The van der Waals surface area contributed by atoms with Crippen LogP contribution >= 0.6 is 31.9 Å². The molecule has 1 heterocycles. The lowest BCUT2D eigenvalue weighted by Gasteiger charge is -2.10. The largest absolute Gasteiger partial charge is 0.326 e. The minimum atomic E-state index is -0.351. The monoisotopic (exact) mass is 375 g/mol. The number of halogens is 3. The Balaban J connectivity index is 2.65. The van der Waals surface area contributed by atoms with Gasteiger partial charge in [-0.3, -0.25) is 0 Å². The molecule has 0 fully saturated rings. The van der Waals surface area contributed by atoms with Crippen LogP contribution in [0, 0.1) is 19.7 Å². The quantitative estimate of drug-likeness (QED) is 0.869. The highest BCUT2D eigenvalue weighted by atomic mass is 79.9. The molecule has 0 saturated carbocycles. The molecule has 0 saturated heterocycles. The molecule has 96 valence electrons. The van der Waals surface area contributed by atoms with Crippen LogP contribution in [0.25, 0.3) is 5.69 Å². The predicted octanol–water partition coefficient (Wildman–Crippen LogP) is 3.61. The molecule has 1 aromatic heterocycles. The summed E-state index contributed by atoms with van der Waals surface area (Å²) >= 11 is 6.66. The number of nitrogens with zero attached hydrogens (tertiary/aromatic N) is 2. The van der Waals surface area contributed by atoms with Crippen LogP contribution in [0.5, 0.6) is 0 Å². The van der Waals surface area contributed by atoms with Crippen molar-refractivity contribution < 1.29 is 4.39 Å². The third-order valence-corrected chi connectivity index (χ3v) is 4.80. The highest BCUT2D eigenvalue weighted by molar-refractivity contribution is 9.10. The first-order valence-electron chi connectivity index (χ1n) is 5.36. The lowest BCUT2D eigenvalue weighted by Crippen LogP contribution is -2.06. The molecule has 0 atom stereocenters. The van der Waals surface area contributed by atoms with Crippen molar-refractivity contribution in [1.29, 1.82) is 0 Å². The molecule has 0 aliphatic carbocycles. The van der Waals surface area contributed by atoms with Gasteiger partial charge in [0.05, 0.1) is 20.3 Å². The van der Waals surface area contributed by atoms with Crippen LogP contribution in [0.1, 0.15) is 17.0 Å². The summed E-state index contributed by atoms with van der Waals surface area (Å²) in [5, 5.41) is 4.32. The molecule has 0 unspecified atom stereocenters. The van der Waals surface area contributed by atoms with Gasteiger partial charge in [0.2, 0.25) is 0 Å². The highest BCUT2D eigenvalue weighted by Gasteiger charge is 2.16. The molecule has 0 bridgehead atoms. The van der Waals surface area contributed by atoms with E-state index < -0.39 is 0 Å². The van der Waals surface area contributed by atoms with Crippen molar-refractivity contribution in [2.45, 2.75) is 20.4 Å². The zero-order valence-electron chi connectivity index (χ0n) is 9.97. The minimum Gasteiger partial charge on any atom is -0.326 e. The average Bonchev–Trinajstić information content (AvgIpc) is 2.60. The molecule has 0 spiro atoms. The van der Waals surface area contributed by atoms with E-state index in [2.05, 4.69) is 37.0 Å². The van der Waals surface area contributed by atoms with E-state index in [0.717, 1.165) is 21.4 Å². The maximum absolute atomic E-state index is 14.3. The van der Waals surface area contributed by atoms with Gasteiger partial charge < -0.3 is 5.73 Å². The Kier molecular flexibility index (Phi) is 3.89. The summed E-state index contributed by atoms with van der Waals surface area (Å²) in [5.41, 5.74) is 8.37. The molecule has 2 rings (SSSR count). The predicted molar refractivity (Wildman–Crippen MR) is 76.3 cm³/mol. The van der Waals surface area contributed by atoms with Crippen molar-refractivity contribution in [3.05, 3.63) is 43.8 Å². The van der Waals surface area contributed by atoms with E-state index in [4.69, 9.17) is 5.73 Å². The molecular weight excluding hydrogens is 365 g/mol. The minimum absolute atomic E-state index is 0.290. The second-order valence-electron chi connectivity index (χ2n) is 3.97. The first-order valence-corrected chi connectivity index (χ1v) is 6.95. The zero-order chi connectivity index (χ0) is 13.4. The summed E-state index contributed by atoms with van der Waals surface area (Å²) in [5.74, 6) is -0.351. The fourth-order valence-electron chi connectivity index (χ4n) is 1.76. The second-order valence-corrected chi connectivity index (χ2v) is 5.56. The molecule has 18 heavy (non-hydrogen) atoms. The molecule has 0 aliphatic rings. The van der Waals surface area contributed by atoms with E-state index in [1.54, 1.807) is 16.8 Å². The van der Waals surface area contributed by atoms with Gasteiger partial charge in [-0.25, -0.2) is 9.07 Å². The molecular formula is C12H12Br2FN3. The maximum atomic E-state index is 14.3. The van der Waals surface area contributed by atoms with Crippen molar-refractivity contribution in [2.24, 2.45) is 5.73 Å². The molecule has 0 aliphatic heterocycles. The number of nitrogens with two attached hydrogens (primary N) is 1. The Morgan fingerprint density at radius 3 is 2.44 bits per heavy atom. The standard InChI is InChI=1S/C12H12Br2FN3/c1-6-10(13)7(2)18(17-6)9-4-3-8(5-16)11(14)12(9)15/h3-4H,5,16H2,1-2H3. The molecule has 2 N–H and O–H groups in total. The van der Waals surface area contributed by atoms with Crippen LogP contribution in [0.15, 0.2) is 21.1 Å². The Morgan fingerprint density at radius 1 is 1.28 bits per heavy atom. The number of rotatable bonds is 2. The van der Waals surface area contributed by atoms with Crippen molar-refractivity contribution in [3.8, 4) is 5.69 Å². The summed E-state index contributed by atoms with van der Waals surface area (Å²) in [7, 11) is 0. The Bertz CT molecular complexity index is 608. The first kappa shape index (κ1) is 13.7. The lowest BCUT2D eigenvalue weighted by molar-refractivity contribution is 0.599. The smallest absolute Gasteiger partial charge is 0.163 e. The molecule has 0 radical (unpaired) electrons. The summed E-state index contributed by atoms with van der Waals surface area (Å²) in [4.78, 5) is 0. The normalized spacial score (nSPS) is 11.0. The van der Waals surface area contributed by atoms with Crippen LogP contribution < -0.4 is 5.73 Å². The number of hydrogen-bond acceptors (Lipinski definition) is 2. The number of benzene rings is 1. The van der Waals surface area contributed by atoms with Gasteiger partial charge in [-0.2, -0.15) is 5.10 Å². The van der Waals surface area contributed by atoms with Gasteiger partial charge in [-0.05, 0) is 57.3 Å². The molecule has 3 nitrogen and oxygen atoms in total. The average molecular weight is 377 g/mol. The summed E-state index contributed by atoms with van der Waals surface area (Å²) in [6.45, 7) is 4.04. The third-order valence-electron chi connectivity index (χ3n) is 2.79. The number of aryl methyl sites for hydroxylation is 1. The first-order chi connectivity index (χ1) is 8.47. The van der Waals surface area contributed by atoms with Crippen LogP contribution in [0.4, 0.5) is 4.39 Å². The van der Waals surface area contributed by atoms with Gasteiger partial charge in [0.15, 0.2) is 5.82 Å². The third kappa shape index (κ3) is 2.13. The molecule has 6 heteroatoms.